The average molecular weight is 391 g/mol. The van der Waals surface area contributed by atoms with Gasteiger partial charge in [0.05, 0.1) is 12.7 Å². The molecule has 0 radical (unpaired) electrons. The summed E-state index contributed by atoms with van der Waals surface area (Å²) in [6, 6.07) is 1.24. The van der Waals surface area contributed by atoms with Crippen LogP contribution in [0, 0.1) is 0 Å². The molecule has 2 unspecified atom stereocenters. The zero-order valence-corrected chi connectivity index (χ0v) is 15.3. The zero-order valence-electron chi connectivity index (χ0n) is 14.4. The first-order chi connectivity index (χ1) is 12.1. The number of hydrogen-bond acceptors (Lipinski definition) is 6. The summed E-state index contributed by atoms with van der Waals surface area (Å²) in [5.74, 6) is -2.81. The molecule has 0 aromatic carbocycles. The summed E-state index contributed by atoms with van der Waals surface area (Å²) in [4.78, 5) is 53.8. The molecular formula is C14H22N3O8P. The predicted molar refractivity (Wildman–Crippen MR) is 89.6 cm³/mol. The third-order valence-corrected chi connectivity index (χ3v) is 4.93. The van der Waals surface area contributed by atoms with Gasteiger partial charge in [0, 0.05) is 25.9 Å². The summed E-state index contributed by atoms with van der Waals surface area (Å²) in [5, 5.41) is 2.31. The van der Waals surface area contributed by atoms with E-state index >= 15 is 0 Å². The number of ether oxygens (including phenoxy) is 2. The summed E-state index contributed by atoms with van der Waals surface area (Å²) in [6.45, 7) is 1.60. The fraction of sp³-hybridized carbons (Fsp3) is 0.643. The predicted octanol–water partition coefficient (Wildman–Crippen LogP) is -1.12. The Morgan fingerprint density at radius 1 is 1.46 bits per heavy atom. The molecule has 2 heterocycles. The largest absolute Gasteiger partial charge is 0.363 e. The molecule has 26 heavy (non-hydrogen) atoms. The summed E-state index contributed by atoms with van der Waals surface area (Å²) in [5.41, 5.74) is -0.963. The van der Waals surface area contributed by atoms with Crippen molar-refractivity contribution in [3.8, 4) is 0 Å². The maximum Gasteiger partial charge on any atom is 0.363 e. The van der Waals surface area contributed by atoms with E-state index in [2.05, 4.69) is 5.32 Å². The molecule has 3 N–H and O–H groups in total. The first-order valence-corrected chi connectivity index (χ1v) is 9.71. The van der Waals surface area contributed by atoms with Gasteiger partial charge < -0.3 is 24.6 Å². The molecule has 1 saturated heterocycles. The second-order valence-corrected chi connectivity index (χ2v) is 7.51. The lowest BCUT2D eigenvalue weighted by atomic mass is 10.2. The smallest absolute Gasteiger partial charge is 0.354 e. The molecule has 11 nitrogen and oxygen atoms in total. The highest BCUT2D eigenvalue weighted by Crippen LogP contribution is 2.42. The summed E-state index contributed by atoms with van der Waals surface area (Å²) in [6.07, 6.45) is 1.08. The van der Waals surface area contributed by atoms with Gasteiger partial charge in [-0.25, -0.2) is 4.79 Å². The number of carbonyl (C=O) groups excluding carboxylic acids is 1. The van der Waals surface area contributed by atoms with E-state index < -0.39 is 42.9 Å². The topological polar surface area (TPSA) is 149 Å². The van der Waals surface area contributed by atoms with Crippen molar-refractivity contribution in [3.63, 3.8) is 0 Å². The summed E-state index contributed by atoms with van der Waals surface area (Å²) < 4.78 is 24.4. The van der Waals surface area contributed by atoms with Crippen LogP contribution in [0.1, 0.15) is 26.0 Å². The van der Waals surface area contributed by atoms with Crippen molar-refractivity contribution in [2.75, 3.05) is 13.2 Å². The second-order valence-electron chi connectivity index (χ2n) is 5.86. The molecule has 2 rings (SSSR count). The maximum absolute atomic E-state index is 12.1. The minimum absolute atomic E-state index is 0.205. The Hall–Kier alpha value is -1.78. The third kappa shape index (κ3) is 4.68. The van der Waals surface area contributed by atoms with Crippen LogP contribution in [0.15, 0.2) is 21.9 Å². The van der Waals surface area contributed by atoms with E-state index in [0.29, 0.717) is 12.8 Å². The molecule has 0 bridgehead atoms. The molecule has 1 fully saturated rings. The molecule has 1 aromatic rings. The van der Waals surface area contributed by atoms with Gasteiger partial charge in [0.25, 0.3) is 11.5 Å². The molecule has 3 atom stereocenters. The Bertz CT molecular complexity index is 813. The normalized spacial score (nSPS) is 21.5. The molecule has 1 aliphatic rings. The van der Waals surface area contributed by atoms with Gasteiger partial charge in [-0.05, 0) is 19.8 Å². The summed E-state index contributed by atoms with van der Waals surface area (Å²) in [7, 11) is -3.44. The molecular weight excluding hydrogens is 369 g/mol. The number of rotatable bonds is 7. The van der Waals surface area contributed by atoms with Crippen molar-refractivity contribution in [3.05, 3.63) is 33.1 Å². The van der Waals surface area contributed by atoms with Crippen molar-refractivity contribution >= 4 is 13.5 Å². The van der Waals surface area contributed by atoms with E-state index in [0.717, 1.165) is 4.57 Å². The van der Waals surface area contributed by atoms with Crippen LogP contribution in [-0.4, -0.2) is 49.9 Å². The van der Waals surface area contributed by atoms with Gasteiger partial charge in [-0.2, -0.15) is 0 Å². The molecule has 1 amide bonds. The molecule has 1 aromatic heterocycles. The number of carbonyl (C=O) groups is 1. The van der Waals surface area contributed by atoms with Crippen molar-refractivity contribution in [2.24, 2.45) is 7.05 Å². The zero-order chi connectivity index (χ0) is 19.5. The van der Waals surface area contributed by atoms with E-state index in [1.807, 2.05) is 0 Å². The van der Waals surface area contributed by atoms with Crippen molar-refractivity contribution in [2.45, 2.75) is 37.9 Å². The average Bonchev–Trinajstić information content (AvgIpc) is 3.00. The highest BCUT2D eigenvalue weighted by atomic mass is 31.2. The Kier molecular flexibility index (Phi) is 6.53. The lowest BCUT2D eigenvalue weighted by Gasteiger charge is -2.21. The van der Waals surface area contributed by atoms with Gasteiger partial charge in [0.1, 0.15) is 6.23 Å². The van der Waals surface area contributed by atoms with Gasteiger partial charge >= 0.3 is 13.3 Å². The fourth-order valence-corrected chi connectivity index (χ4v) is 3.28. The number of aromatic nitrogens is 2. The quantitative estimate of drug-likeness (QED) is 0.495. The Balaban J connectivity index is 2.02. The first kappa shape index (κ1) is 20.5. The Morgan fingerprint density at radius 3 is 2.77 bits per heavy atom. The van der Waals surface area contributed by atoms with Crippen LogP contribution in [0.3, 0.4) is 0 Å². The van der Waals surface area contributed by atoms with Crippen molar-refractivity contribution in [1.29, 1.82) is 0 Å². The van der Waals surface area contributed by atoms with E-state index in [1.54, 1.807) is 6.92 Å². The van der Waals surface area contributed by atoms with E-state index in [1.165, 1.54) is 23.9 Å². The van der Waals surface area contributed by atoms with Crippen LogP contribution < -0.4 is 16.6 Å². The van der Waals surface area contributed by atoms with Crippen LogP contribution in [0.4, 0.5) is 0 Å². The minimum atomic E-state index is -4.79. The van der Waals surface area contributed by atoms with Crippen LogP contribution >= 0.6 is 7.60 Å². The fourth-order valence-electron chi connectivity index (χ4n) is 2.61. The van der Waals surface area contributed by atoms with Crippen LogP contribution in [0.25, 0.3) is 0 Å². The maximum atomic E-state index is 12.1. The molecule has 0 aliphatic carbocycles. The third-order valence-electron chi connectivity index (χ3n) is 3.93. The number of amides is 1. The van der Waals surface area contributed by atoms with E-state index in [-0.39, 0.29) is 13.2 Å². The minimum Gasteiger partial charge on any atom is -0.354 e. The SMILES string of the molecule is CCNC(=O)C(OC[C@@H]1CCC(n2ccc(=O)n(C)c2=O)O1)P(=O)(O)O. The molecule has 0 spiro atoms. The monoisotopic (exact) mass is 391 g/mol. The van der Waals surface area contributed by atoms with Gasteiger partial charge in [0.2, 0.25) is 5.85 Å². The van der Waals surface area contributed by atoms with Gasteiger partial charge in [0.15, 0.2) is 0 Å². The van der Waals surface area contributed by atoms with E-state index in [4.69, 9.17) is 9.47 Å². The Labute approximate surface area is 148 Å². The van der Waals surface area contributed by atoms with Gasteiger partial charge in [-0.1, -0.05) is 0 Å². The van der Waals surface area contributed by atoms with Crippen molar-refractivity contribution < 1.29 is 28.6 Å². The second kappa shape index (κ2) is 8.28. The van der Waals surface area contributed by atoms with Crippen LogP contribution in [0.2, 0.25) is 0 Å². The number of nitrogens with one attached hydrogen (secondary N) is 1. The first-order valence-electron chi connectivity index (χ1n) is 8.03. The van der Waals surface area contributed by atoms with Gasteiger partial charge in [-0.3, -0.25) is 23.3 Å². The van der Waals surface area contributed by atoms with E-state index in [9.17, 15) is 28.7 Å². The van der Waals surface area contributed by atoms with Crippen molar-refractivity contribution in [1.82, 2.24) is 14.5 Å². The van der Waals surface area contributed by atoms with Crippen LogP contribution in [-0.2, 0) is 25.9 Å². The molecule has 12 heteroatoms. The lowest BCUT2D eigenvalue weighted by Crippen LogP contribution is -2.39. The molecule has 1 aliphatic heterocycles. The molecule has 146 valence electrons. The molecule has 0 saturated carbocycles. The lowest BCUT2D eigenvalue weighted by molar-refractivity contribution is -0.131. The standard InChI is InChI=1S/C14H22N3O8P/c1-3-15-12(19)13(26(21,22)23)24-8-9-4-5-11(25-9)17-7-6-10(18)16(2)14(17)20/h6-7,9,11,13H,3-5,8H2,1-2H3,(H,15,19)(H2,21,22,23)/t9-,11?,13?/m0/s1. The number of hydrogen-bond donors (Lipinski definition) is 3. The summed E-state index contributed by atoms with van der Waals surface area (Å²) >= 11 is 0. The number of nitrogens with zero attached hydrogens (tertiary/aromatic N) is 2. The highest BCUT2D eigenvalue weighted by Gasteiger charge is 2.38. The van der Waals surface area contributed by atoms with Crippen LogP contribution in [0.5, 0.6) is 0 Å². The number of likely N-dealkylation sites (N-methyl/N-ethyl adjacent to an activating group) is 1. The highest BCUT2D eigenvalue weighted by molar-refractivity contribution is 7.53. The van der Waals surface area contributed by atoms with Gasteiger partial charge in [-0.15, -0.1) is 0 Å². The Morgan fingerprint density at radius 2 is 2.15 bits per heavy atom.